The lowest BCUT2D eigenvalue weighted by atomic mass is 9.33. The van der Waals surface area contributed by atoms with Crippen LogP contribution in [0.25, 0.3) is 28.2 Å². The molecule has 6 rings (SSSR count). The highest BCUT2D eigenvalue weighted by Gasteiger charge is 2.50. The lowest BCUT2D eigenvalue weighted by Crippen LogP contribution is -2.60. The van der Waals surface area contributed by atoms with E-state index in [4.69, 9.17) is 14.6 Å². The summed E-state index contributed by atoms with van der Waals surface area (Å²) >= 11 is 1.60. The number of fused-ring (bicyclic) bond motifs is 3. The van der Waals surface area contributed by atoms with Crippen molar-refractivity contribution < 1.29 is 14.3 Å². The molecule has 3 aromatic heterocycles. The number of hydrogen-bond donors (Lipinski definition) is 1. The maximum Gasteiger partial charge on any atom is 0.185 e. The Kier molecular flexibility index (Phi) is 5.88. The zero-order chi connectivity index (χ0) is 26.8. The molecule has 1 saturated heterocycles. The predicted molar refractivity (Wildman–Crippen MR) is 157 cm³/mol. The van der Waals surface area contributed by atoms with E-state index in [9.17, 15) is 4.79 Å². The van der Waals surface area contributed by atoms with E-state index < -0.39 is 0 Å². The summed E-state index contributed by atoms with van der Waals surface area (Å²) in [5, 5.41) is 16.9. The number of aromatic nitrogens is 4. The molecule has 1 unspecified atom stereocenters. The van der Waals surface area contributed by atoms with E-state index >= 15 is 0 Å². The van der Waals surface area contributed by atoms with Crippen LogP contribution in [0.3, 0.4) is 0 Å². The minimum Gasteiger partial charge on any atom is -0.496 e. The third-order valence-corrected chi connectivity index (χ3v) is 8.44. The van der Waals surface area contributed by atoms with Crippen LogP contribution in [-0.2, 0) is 13.7 Å². The Hall–Kier alpha value is -3.24. The van der Waals surface area contributed by atoms with Crippen molar-refractivity contribution in [1.29, 1.82) is 0 Å². The van der Waals surface area contributed by atoms with Gasteiger partial charge in [0.05, 0.1) is 47.7 Å². The van der Waals surface area contributed by atoms with Crippen LogP contribution in [0.15, 0.2) is 41.2 Å². The van der Waals surface area contributed by atoms with Gasteiger partial charge in [-0.2, -0.15) is 21.5 Å². The van der Waals surface area contributed by atoms with Crippen LogP contribution in [0.5, 0.6) is 11.5 Å². The number of thiophene rings is 1. The summed E-state index contributed by atoms with van der Waals surface area (Å²) in [5.74, 6) is 1.28. The average molecular weight is 525 g/mol. The molecule has 2 aliphatic rings. The van der Waals surface area contributed by atoms with Gasteiger partial charge in [0.1, 0.15) is 23.8 Å². The number of rotatable bonds is 7. The Balaban J connectivity index is 1.57. The van der Waals surface area contributed by atoms with Gasteiger partial charge < -0.3 is 14.8 Å². The van der Waals surface area contributed by atoms with Gasteiger partial charge in [-0.25, -0.2) is 4.68 Å². The fourth-order valence-electron chi connectivity index (χ4n) is 6.19. The van der Waals surface area contributed by atoms with Crippen molar-refractivity contribution in [3.05, 3.63) is 52.5 Å². The van der Waals surface area contributed by atoms with Gasteiger partial charge in [0.2, 0.25) is 0 Å². The van der Waals surface area contributed by atoms with Gasteiger partial charge >= 0.3 is 0 Å². The Morgan fingerprint density at radius 2 is 2.03 bits per heavy atom. The zero-order valence-corrected chi connectivity index (χ0v) is 23.5. The molecule has 0 bridgehead atoms. The van der Waals surface area contributed by atoms with Crippen molar-refractivity contribution in [3.63, 3.8) is 0 Å². The molecule has 5 heterocycles. The smallest absolute Gasteiger partial charge is 0.185 e. The summed E-state index contributed by atoms with van der Waals surface area (Å²) in [4.78, 5) is 14.4. The molecule has 1 fully saturated rings. The highest BCUT2D eigenvalue weighted by atomic mass is 32.1. The third-order valence-electron chi connectivity index (χ3n) is 7.77. The molecular formula is C26H30B3N5O3S. The Morgan fingerprint density at radius 1 is 1.24 bits per heavy atom. The second-order valence-electron chi connectivity index (χ2n) is 11.7. The average Bonchev–Trinajstić information content (AvgIpc) is 3.60. The van der Waals surface area contributed by atoms with Gasteiger partial charge in [0.15, 0.2) is 5.78 Å². The molecule has 12 heteroatoms. The molecule has 2 aliphatic heterocycles. The number of benzene rings is 1. The molecule has 0 saturated carbocycles. The SMILES string of the molecule is BC(B)(B)C(C(=O)c1nn(-c2ccsc2)c2c1COc1cc(OC)c(-c3ccn(C)n3)cc1-2)C1(C)CNC1. The van der Waals surface area contributed by atoms with Crippen molar-refractivity contribution in [3.8, 4) is 39.7 Å². The lowest BCUT2D eigenvalue weighted by molar-refractivity contribution is 0.0615. The summed E-state index contributed by atoms with van der Waals surface area (Å²) in [5.41, 5.74) is 5.55. The molecular weight excluding hydrogens is 495 g/mol. The monoisotopic (exact) mass is 525 g/mol. The van der Waals surface area contributed by atoms with Crippen LogP contribution in [0.1, 0.15) is 23.0 Å². The van der Waals surface area contributed by atoms with E-state index in [1.54, 1.807) is 23.1 Å². The zero-order valence-electron chi connectivity index (χ0n) is 22.7. The van der Waals surface area contributed by atoms with Gasteiger partial charge in [0, 0.05) is 65.8 Å². The van der Waals surface area contributed by atoms with E-state index in [1.165, 1.54) is 0 Å². The fourth-order valence-corrected chi connectivity index (χ4v) is 6.80. The highest BCUT2D eigenvalue weighted by Crippen LogP contribution is 2.48. The van der Waals surface area contributed by atoms with Crippen molar-refractivity contribution >= 4 is 40.7 Å². The minimum atomic E-state index is -0.222. The summed E-state index contributed by atoms with van der Waals surface area (Å²) in [6.45, 7) is 4.11. The quantitative estimate of drug-likeness (QED) is 0.290. The first-order chi connectivity index (χ1) is 18.1. The summed E-state index contributed by atoms with van der Waals surface area (Å²) in [7, 11) is 10.00. The normalized spacial score (nSPS) is 16.6. The number of hydrogen-bond acceptors (Lipinski definition) is 7. The van der Waals surface area contributed by atoms with Gasteiger partial charge in [-0.05, 0) is 23.6 Å². The summed E-state index contributed by atoms with van der Waals surface area (Å²) < 4.78 is 15.7. The highest BCUT2D eigenvalue weighted by molar-refractivity contribution is 7.08. The number of carbonyl (C=O) groups excluding carboxylic acids is 1. The van der Waals surface area contributed by atoms with Crippen LogP contribution in [0, 0.1) is 11.3 Å². The first kappa shape index (κ1) is 25.1. The number of nitrogens with one attached hydrogen (secondary N) is 1. The Morgan fingerprint density at radius 3 is 2.61 bits per heavy atom. The fraction of sp³-hybridized carbons (Fsp3) is 0.346. The number of nitrogens with zero attached hydrogens (tertiary/aromatic N) is 4. The minimum absolute atomic E-state index is 0.0808. The number of ether oxygens (including phenoxy) is 2. The second kappa shape index (κ2) is 8.91. The molecule has 4 aromatic rings. The number of Topliss-reactive ketones (excluding diaryl/α,β-unsaturated/α-hetero) is 1. The van der Waals surface area contributed by atoms with Crippen molar-refractivity contribution in [1.82, 2.24) is 24.9 Å². The second-order valence-corrected chi connectivity index (χ2v) is 12.5. The molecule has 192 valence electrons. The maximum absolute atomic E-state index is 14.4. The van der Waals surface area contributed by atoms with Gasteiger partial charge in [0.25, 0.3) is 0 Å². The number of ketones is 1. The van der Waals surface area contributed by atoms with Crippen LogP contribution in [0.2, 0.25) is 5.11 Å². The molecule has 1 atom stereocenters. The van der Waals surface area contributed by atoms with Crippen molar-refractivity contribution in [2.75, 3.05) is 20.2 Å². The van der Waals surface area contributed by atoms with Crippen molar-refractivity contribution in [2.24, 2.45) is 18.4 Å². The first-order valence-corrected chi connectivity index (χ1v) is 13.8. The van der Waals surface area contributed by atoms with Crippen molar-refractivity contribution in [2.45, 2.75) is 18.6 Å². The standard InChI is InChI=1S/C26H30B3N5O3S/c1-25(12-30-13-25)24(26(27,28)29)23(35)21-17-10-37-20-9-19(36-3)15(18-4-6-33(2)31-18)8-16(20)22(17)34(32-21)14-5-7-38-11-14/h4-9,11,24,30H,10,12-13,27-29H2,1-3H3. The third kappa shape index (κ3) is 3.93. The molecule has 0 aliphatic carbocycles. The number of aryl methyl sites for hydroxylation is 1. The molecule has 1 N–H and O–H groups in total. The number of methoxy groups -OCH3 is 1. The topological polar surface area (TPSA) is 83.2 Å². The molecule has 1 aromatic carbocycles. The largest absolute Gasteiger partial charge is 0.496 e. The van der Waals surface area contributed by atoms with Crippen LogP contribution >= 0.6 is 11.3 Å². The lowest BCUT2D eigenvalue weighted by Gasteiger charge is -2.50. The Labute approximate surface area is 228 Å². The molecule has 0 amide bonds. The summed E-state index contributed by atoms with van der Waals surface area (Å²) in [6, 6.07) is 7.95. The maximum atomic E-state index is 14.4. The van der Waals surface area contributed by atoms with E-state index in [2.05, 4.69) is 46.3 Å². The molecule has 38 heavy (non-hydrogen) atoms. The molecule has 0 radical (unpaired) electrons. The van der Waals surface area contributed by atoms with Crippen LogP contribution in [0.4, 0.5) is 0 Å². The van der Waals surface area contributed by atoms with E-state index in [-0.39, 0.29) is 28.8 Å². The molecule has 8 nitrogen and oxygen atoms in total. The Bertz CT molecular complexity index is 1540. The number of carbonyl (C=O) groups is 1. The molecule has 0 spiro atoms. The van der Waals surface area contributed by atoms with Crippen LogP contribution < -0.4 is 14.8 Å². The van der Waals surface area contributed by atoms with Gasteiger partial charge in [-0.15, -0.1) is 5.11 Å². The van der Waals surface area contributed by atoms with Crippen LogP contribution in [-0.4, -0.2) is 69.1 Å². The van der Waals surface area contributed by atoms with E-state index in [0.717, 1.165) is 46.9 Å². The van der Waals surface area contributed by atoms with Gasteiger partial charge in [-0.1, -0.05) is 6.92 Å². The summed E-state index contributed by atoms with van der Waals surface area (Å²) in [6.07, 6.45) is 1.91. The first-order valence-electron chi connectivity index (χ1n) is 12.9. The van der Waals surface area contributed by atoms with Gasteiger partial charge in [-0.3, -0.25) is 9.48 Å². The predicted octanol–water partition coefficient (Wildman–Crippen LogP) is 1.28. The van der Waals surface area contributed by atoms with E-state index in [0.29, 0.717) is 17.2 Å². The van der Waals surface area contributed by atoms with E-state index in [1.807, 2.05) is 47.6 Å².